The summed E-state index contributed by atoms with van der Waals surface area (Å²) in [6, 6.07) is 14.8. The molecular weight excluding hydrogens is 459 g/mol. The van der Waals surface area contributed by atoms with E-state index in [9.17, 15) is 21.9 Å². The molecule has 0 radical (unpaired) electrons. The van der Waals surface area contributed by atoms with E-state index in [1.54, 1.807) is 0 Å². The van der Waals surface area contributed by atoms with Gasteiger partial charge in [0.2, 0.25) is 9.84 Å². The van der Waals surface area contributed by atoms with Crippen LogP contribution in [0.15, 0.2) is 87.5 Å². The van der Waals surface area contributed by atoms with Crippen LogP contribution in [0, 0.1) is 0 Å². The summed E-state index contributed by atoms with van der Waals surface area (Å²) >= 11 is 0. The van der Waals surface area contributed by atoms with Crippen molar-refractivity contribution in [3.8, 4) is 17.2 Å². The predicted octanol–water partition coefficient (Wildman–Crippen LogP) is -1.24. The number of carbonyl (C=O) groups excluding carboxylic acids is 1. The molecule has 0 aromatic heterocycles. The van der Waals surface area contributed by atoms with Crippen molar-refractivity contribution in [3.05, 3.63) is 72.8 Å². The zero-order valence-corrected chi connectivity index (χ0v) is 19.9. The van der Waals surface area contributed by atoms with Crippen molar-refractivity contribution in [2.45, 2.75) is 14.7 Å². The van der Waals surface area contributed by atoms with Crippen LogP contribution in [0.4, 0.5) is 0 Å². The molecule has 3 aromatic carbocycles. The monoisotopic (exact) mass is 476 g/mol. The zero-order valence-electron chi connectivity index (χ0n) is 16.2. The topological polar surface area (TPSA) is 169 Å². The van der Waals surface area contributed by atoms with E-state index in [0.717, 1.165) is 12.1 Å². The van der Waals surface area contributed by atoms with Gasteiger partial charge in [-0.15, -0.1) is 5.75 Å². The Morgan fingerprint density at radius 3 is 1.23 bits per heavy atom. The van der Waals surface area contributed by atoms with Gasteiger partial charge in [-0.1, -0.05) is 12.1 Å². The molecule has 3 rings (SSSR count). The predicted molar refractivity (Wildman–Crippen MR) is 104 cm³/mol. The van der Waals surface area contributed by atoms with E-state index in [1.165, 1.54) is 60.7 Å². The molecular formula is C19H17NaO9S2. The van der Waals surface area contributed by atoms with Gasteiger partial charge in [-0.05, 0) is 60.7 Å². The van der Waals surface area contributed by atoms with Crippen molar-refractivity contribution in [3.63, 3.8) is 0 Å². The summed E-state index contributed by atoms with van der Waals surface area (Å²) in [7, 11) is -7.75. The third-order valence-electron chi connectivity index (χ3n) is 3.42. The van der Waals surface area contributed by atoms with Gasteiger partial charge in [0.25, 0.3) is 10.1 Å². The van der Waals surface area contributed by atoms with Crippen LogP contribution in [0.3, 0.4) is 0 Å². The summed E-state index contributed by atoms with van der Waals surface area (Å²) < 4.78 is 53.5. The first-order valence-corrected chi connectivity index (χ1v) is 10.8. The van der Waals surface area contributed by atoms with E-state index < -0.39 is 20.0 Å². The second-order valence-corrected chi connectivity index (χ2v) is 8.81. The minimum Gasteiger partial charge on any atom is -0.872 e. The van der Waals surface area contributed by atoms with Crippen molar-refractivity contribution in [2.75, 3.05) is 0 Å². The van der Waals surface area contributed by atoms with Gasteiger partial charge in [-0.2, -0.15) is 8.42 Å². The number of carbonyl (C=O) groups is 1. The Hall–Kier alpha value is -2.41. The molecule has 0 amide bonds. The molecule has 0 aliphatic carbocycles. The molecule has 3 N–H and O–H groups in total. The van der Waals surface area contributed by atoms with E-state index >= 15 is 0 Å². The number of rotatable bonds is 3. The van der Waals surface area contributed by atoms with E-state index in [4.69, 9.17) is 19.6 Å². The largest absolute Gasteiger partial charge is 1.00 e. The van der Waals surface area contributed by atoms with Crippen LogP contribution in [0.25, 0.3) is 0 Å². The minimum absolute atomic E-state index is 0. The third-order valence-corrected chi connectivity index (χ3v) is 6.07. The van der Waals surface area contributed by atoms with Crippen LogP contribution in [0.2, 0.25) is 0 Å². The average molecular weight is 476 g/mol. The van der Waals surface area contributed by atoms with Gasteiger partial charge in [0.05, 0.1) is 14.7 Å². The molecule has 0 atom stereocenters. The molecule has 0 saturated carbocycles. The fourth-order valence-corrected chi connectivity index (χ4v) is 3.74. The van der Waals surface area contributed by atoms with E-state index in [2.05, 4.69) is 0 Å². The van der Waals surface area contributed by atoms with E-state index in [0.29, 0.717) is 0 Å². The summed E-state index contributed by atoms with van der Waals surface area (Å²) in [5, 5.41) is 28.7. The Bertz CT molecular complexity index is 1110. The smallest absolute Gasteiger partial charge is 0.872 e. The first-order chi connectivity index (χ1) is 14.0. The Morgan fingerprint density at radius 2 is 0.903 bits per heavy atom. The Morgan fingerprint density at radius 1 is 0.613 bits per heavy atom. The number of sulfone groups is 1. The molecule has 0 spiro atoms. The zero-order chi connectivity index (χ0) is 22.9. The molecule has 0 aliphatic rings. The van der Waals surface area contributed by atoms with Gasteiger partial charge in [0.1, 0.15) is 18.3 Å². The minimum atomic E-state index is -4.13. The van der Waals surface area contributed by atoms with E-state index in [-0.39, 0.29) is 61.5 Å². The van der Waals surface area contributed by atoms with Gasteiger partial charge in [-0.3, -0.25) is 4.55 Å². The van der Waals surface area contributed by atoms with Gasteiger partial charge in [-0.25, -0.2) is 8.42 Å². The Kier molecular flexibility index (Phi) is 11.5. The second-order valence-electron chi connectivity index (χ2n) is 5.44. The maximum Gasteiger partial charge on any atom is 1.00 e. The fourth-order valence-electron chi connectivity index (χ4n) is 2.00. The fraction of sp³-hybridized carbons (Fsp3) is 0. The number of benzene rings is 3. The Balaban J connectivity index is 0.000000561. The molecule has 0 unspecified atom stereocenters. The Labute approximate surface area is 201 Å². The van der Waals surface area contributed by atoms with E-state index in [1.807, 2.05) is 6.79 Å². The first kappa shape index (κ1) is 28.6. The number of aromatic hydroxyl groups is 2. The number of hydrogen-bond donors (Lipinski definition) is 3. The second kappa shape index (κ2) is 12.4. The number of hydrogen-bond acceptors (Lipinski definition) is 8. The molecule has 0 bridgehead atoms. The molecule has 9 nitrogen and oxygen atoms in total. The molecule has 0 fully saturated rings. The molecule has 3 aromatic rings. The van der Waals surface area contributed by atoms with Crippen LogP contribution < -0.4 is 34.7 Å². The molecule has 0 aliphatic heterocycles. The number of phenols is 2. The van der Waals surface area contributed by atoms with Crippen LogP contribution in [-0.4, -0.2) is 38.4 Å². The molecule has 31 heavy (non-hydrogen) atoms. The van der Waals surface area contributed by atoms with Crippen molar-refractivity contribution in [1.82, 2.24) is 0 Å². The standard InChI is InChI=1S/C12H10O4S.C6H6O4S.CH2O.Na/c13-9-1-5-11(6-2-9)17(15,16)12-7-3-10(14)4-8-12;7-5-1-3-6(4-2-5)11(8,9)10;1-2;/h1-8,13-14H;1-4,7H,(H,8,9,10);1H2;/q;;;+1/p-1. The van der Waals surface area contributed by atoms with Crippen molar-refractivity contribution < 1.29 is 71.1 Å². The summed E-state index contributed by atoms with van der Waals surface area (Å²) in [6.07, 6.45) is 0. The summed E-state index contributed by atoms with van der Waals surface area (Å²) in [5.74, 6) is -0.286. The summed E-state index contributed by atoms with van der Waals surface area (Å²) in [6.45, 7) is 2.00. The van der Waals surface area contributed by atoms with Crippen molar-refractivity contribution >= 4 is 26.7 Å². The molecule has 12 heteroatoms. The van der Waals surface area contributed by atoms with Crippen molar-refractivity contribution in [2.24, 2.45) is 0 Å². The maximum atomic E-state index is 12.1. The average Bonchev–Trinajstić information content (AvgIpc) is 2.70. The van der Waals surface area contributed by atoms with Gasteiger partial charge in [0, 0.05) is 0 Å². The van der Waals surface area contributed by atoms with Gasteiger partial charge in [0.15, 0.2) is 0 Å². The van der Waals surface area contributed by atoms with Crippen LogP contribution in [-0.2, 0) is 24.7 Å². The van der Waals surface area contributed by atoms with Crippen LogP contribution in [0.1, 0.15) is 0 Å². The normalized spacial score (nSPS) is 10.4. The van der Waals surface area contributed by atoms with Crippen LogP contribution in [0.5, 0.6) is 17.2 Å². The SMILES string of the molecule is C=O.O=S(=O)(O)c1ccc(O)cc1.O=S(=O)(c1ccc([O-])cc1)c1ccc(O)cc1.[Na+]. The summed E-state index contributed by atoms with van der Waals surface area (Å²) in [4.78, 5) is 7.91. The van der Waals surface area contributed by atoms with Gasteiger partial charge < -0.3 is 20.1 Å². The molecule has 160 valence electrons. The third kappa shape index (κ3) is 8.69. The maximum absolute atomic E-state index is 12.1. The number of phenolic OH excluding ortho intramolecular Hbond substituents is 2. The molecule has 0 saturated heterocycles. The molecule has 0 heterocycles. The van der Waals surface area contributed by atoms with Gasteiger partial charge >= 0.3 is 29.6 Å². The first-order valence-electron chi connectivity index (χ1n) is 7.87. The quantitative estimate of drug-likeness (QED) is 0.309. The van der Waals surface area contributed by atoms with Crippen LogP contribution >= 0.6 is 0 Å². The summed E-state index contributed by atoms with van der Waals surface area (Å²) in [5.41, 5.74) is 0. The van der Waals surface area contributed by atoms with Crippen molar-refractivity contribution in [1.29, 1.82) is 0 Å².